The molecule has 5 nitrogen and oxygen atoms in total. The minimum absolute atomic E-state index is 0.0508. The van der Waals surface area contributed by atoms with E-state index in [0.717, 1.165) is 15.6 Å². The van der Waals surface area contributed by atoms with E-state index in [1.807, 2.05) is 25.1 Å². The molecule has 0 radical (unpaired) electrons. The first-order chi connectivity index (χ1) is 9.88. The fourth-order valence-corrected chi connectivity index (χ4v) is 2.94. The van der Waals surface area contributed by atoms with E-state index in [9.17, 15) is 14.7 Å². The van der Waals surface area contributed by atoms with Gasteiger partial charge in [-0.3, -0.25) is 4.79 Å². The lowest BCUT2D eigenvalue weighted by Crippen LogP contribution is -2.39. The summed E-state index contributed by atoms with van der Waals surface area (Å²) in [6.45, 7) is 2.02. The number of carbonyl (C=O) groups excluding carboxylic acids is 1. The highest BCUT2D eigenvalue weighted by Gasteiger charge is 2.37. The van der Waals surface area contributed by atoms with Crippen molar-refractivity contribution in [3.63, 3.8) is 0 Å². The van der Waals surface area contributed by atoms with Crippen LogP contribution in [-0.4, -0.2) is 45.7 Å². The summed E-state index contributed by atoms with van der Waals surface area (Å²) in [6, 6.07) is 4.77. The van der Waals surface area contributed by atoms with E-state index in [1.165, 1.54) is 11.0 Å². The van der Waals surface area contributed by atoms with Crippen LogP contribution in [0.1, 0.15) is 17.5 Å². The molecule has 0 aliphatic carbocycles. The Balaban J connectivity index is 2.13. The van der Waals surface area contributed by atoms with E-state index in [-0.39, 0.29) is 13.0 Å². The van der Waals surface area contributed by atoms with Gasteiger partial charge in [0.1, 0.15) is 6.04 Å². The van der Waals surface area contributed by atoms with Crippen molar-refractivity contribution in [1.82, 2.24) is 4.90 Å². The Morgan fingerprint density at radius 2 is 2.14 bits per heavy atom. The van der Waals surface area contributed by atoms with Crippen molar-refractivity contribution >= 4 is 33.9 Å². The summed E-state index contributed by atoms with van der Waals surface area (Å²) < 4.78 is 0.864. The molecular formula is C15H16BrNO4. The van der Waals surface area contributed by atoms with E-state index in [4.69, 9.17) is 5.11 Å². The summed E-state index contributed by atoms with van der Waals surface area (Å²) >= 11 is 3.42. The number of hydrogen-bond donors (Lipinski definition) is 2. The number of likely N-dealkylation sites (tertiary alicyclic amines) is 1. The maximum absolute atomic E-state index is 12.1. The molecule has 2 N–H and O–H groups in total. The van der Waals surface area contributed by atoms with Crippen LogP contribution >= 0.6 is 15.9 Å². The normalized spacial score (nSPS) is 22.0. The van der Waals surface area contributed by atoms with Gasteiger partial charge in [-0.25, -0.2) is 4.79 Å². The molecule has 2 rings (SSSR count). The van der Waals surface area contributed by atoms with Gasteiger partial charge in [0.2, 0.25) is 5.91 Å². The molecule has 1 saturated heterocycles. The van der Waals surface area contributed by atoms with Crippen LogP contribution in [0.25, 0.3) is 6.08 Å². The molecule has 1 amide bonds. The average Bonchev–Trinajstić information content (AvgIpc) is 2.80. The van der Waals surface area contributed by atoms with Crippen molar-refractivity contribution in [3.8, 4) is 0 Å². The van der Waals surface area contributed by atoms with Crippen molar-refractivity contribution in [2.24, 2.45) is 0 Å². The molecule has 21 heavy (non-hydrogen) atoms. The molecule has 6 heteroatoms. The first-order valence-corrected chi connectivity index (χ1v) is 7.33. The van der Waals surface area contributed by atoms with Gasteiger partial charge in [-0.2, -0.15) is 0 Å². The van der Waals surface area contributed by atoms with Crippen LogP contribution in [-0.2, 0) is 9.59 Å². The summed E-state index contributed by atoms with van der Waals surface area (Å²) in [4.78, 5) is 24.4. The Kier molecular flexibility index (Phi) is 4.80. The lowest BCUT2D eigenvalue weighted by atomic mass is 10.1. The molecular weight excluding hydrogens is 338 g/mol. The summed E-state index contributed by atoms with van der Waals surface area (Å²) in [5.41, 5.74) is 1.93. The summed E-state index contributed by atoms with van der Waals surface area (Å²) in [7, 11) is 0. The van der Waals surface area contributed by atoms with Gasteiger partial charge >= 0.3 is 5.97 Å². The zero-order chi connectivity index (χ0) is 15.6. The molecule has 1 aliphatic rings. The summed E-state index contributed by atoms with van der Waals surface area (Å²) in [6.07, 6.45) is 2.26. The number of aryl methyl sites for hydroxylation is 1. The quantitative estimate of drug-likeness (QED) is 0.812. The van der Waals surface area contributed by atoms with Crippen LogP contribution in [0.5, 0.6) is 0 Å². The number of nitrogens with zero attached hydrogens (tertiary/aromatic N) is 1. The minimum Gasteiger partial charge on any atom is -0.480 e. The maximum Gasteiger partial charge on any atom is 0.326 e. The van der Waals surface area contributed by atoms with E-state index in [2.05, 4.69) is 15.9 Å². The van der Waals surface area contributed by atoms with Crippen LogP contribution < -0.4 is 0 Å². The third kappa shape index (κ3) is 3.71. The third-order valence-electron chi connectivity index (χ3n) is 3.41. The Morgan fingerprint density at radius 1 is 1.43 bits per heavy atom. The van der Waals surface area contributed by atoms with Crippen LogP contribution in [0.15, 0.2) is 28.7 Å². The molecule has 1 aromatic rings. The van der Waals surface area contributed by atoms with E-state index < -0.39 is 24.0 Å². The van der Waals surface area contributed by atoms with Gasteiger partial charge in [0, 0.05) is 23.5 Å². The number of β-amino-alcohol motifs (C(OH)–C–C–N with tert-alkyl or cyclic N) is 1. The Morgan fingerprint density at radius 3 is 2.76 bits per heavy atom. The highest BCUT2D eigenvalue weighted by Crippen LogP contribution is 2.21. The van der Waals surface area contributed by atoms with Gasteiger partial charge in [-0.15, -0.1) is 0 Å². The number of halogens is 1. The lowest BCUT2D eigenvalue weighted by Gasteiger charge is -2.19. The molecule has 0 spiro atoms. The van der Waals surface area contributed by atoms with Gasteiger partial charge < -0.3 is 15.1 Å². The molecule has 0 aromatic heterocycles. The largest absolute Gasteiger partial charge is 0.480 e. The topological polar surface area (TPSA) is 77.8 Å². The summed E-state index contributed by atoms with van der Waals surface area (Å²) in [5.74, 6) is -1.50. The van der Waals surface area contributed by atoms with Gasteiger partial charge in [-0.1, -0.05) is 28.1 Å². The number of benzene rings is 1. The highest BCUT2D eigenvalue weighted by atomic mass is 79.9. The Hall–Kier alpha value is -1.66. The second-order valence-electron chi connectivity index (χ2n) is 5.09. The van der Waals surface area contributed by atoms with Gasteiger partial charge in [0.25, 0.3) is 0 Å². The predicted octanol–water partition coefficient (Wildman–Crippen LogP) is 1.82. The fraction of sp³-hybridized carbons (Fsp3) is 0.333. The number of aliphatic hydroxyl groups is 1. The molecule has 1 aliphatic heterocycles. The van der Waals surface area contributed by atoms with Crippen LogP contribution in [0.3, 0.4) is 0 Å². The smallest absolute Gasteiger partial charge is 0.326 e. The number of rotatable bonds is 3. The van der Waals surface area contributed by atoms with E-state index in [1.54, 1.807) is 6.08 Å². The molecule has 1 aromatic carbocycles. The average molecular weight is 354 g/mol. The first kappa shape index (κ1) is 15.7. The molecule has 2 atom stereocenters. The van der Waals surface area contributed by atoms with Crippen molar-refractivity contribution in [2.75, 3.05) is 6.54 Å². The van der Waals surface area contributed by atoms with E-state index in [0.29, 0.717) is 0 Å². The number of carbonyl (C=O) groups is 2. The second kappa shape index (κ2) is 6.41. The van der Waals surface area contributed by atoms with E-state index >= 15 is 0 Å². The minimum atomic E-state index is -1.09. The number of hydrogen-bond acceptors (Lipinski definition) is 3. The van der Waals surface area contributed by atoms with Gasteiger partial charge in [-0.05, 0) is 30.2 Å². The number of aliphatic carboxylic acids is 1. The zero-order valence-electron chi connectivity index (χ0n) is 11.5. The molecule has 1 heterocycles. The second-order valence-corrected chi connectivity index (χ2v) is 5.95. The zero-order valence-corrected chi connectivity index (χ0v) is 13.1. The van der Waals surface area contributed by atoms with Gasteiger partial charge in [0.05, 0.1) is 6.10 Å². The number of carboxylic acid groups (broad SMARTS) is 1. The monoisotopic (exact) mass is 353 g/mol. The SMILES string of the molecule is Cc1ccc(/C=C/C(=O)N2CC(O)CC2C(=O)O)c(Br)c1. The third-order valence-corrected chi connectivity index (χ3v) is 4.10. The maximum atomic E-state index is 12.1. The summed E-state index contributed by atoms with van der Waals surface area (Å²) in [5, 5.41) is 18.6. The molecule has 1 fully saturated rings. The molecule has 0 bridgehead atoms. The van der Waals surface area contributed by atoms with Crippen LogP contribution in [0.4, 0.5) is 0 Å². The molecule has 2 unspecified atom stereocenters. The lowest BCUT2D eigenvalue weighted by molar-refractivity contribution is -0.146. The van der Waals surface area contributed by atoms with Crippen molar-refractivity contribution in [2.45, 2.75) is 25.5 Å². The Labute approximate surface area is 131 Å². The molecule has 112 valence electrons. The van der Waals surface area contributed by atoms with Crippen LogP contribution in [0, 0.1) is 6.92 Å². The number of aliphatic hydroxyl groups excluding tert-OH is 1. The predicted molar refractivity (Wildman–Crippen MR) is 81.7 cm³/mol. The first-order valence-electron chi connectivity index (χ1n) is 6.54. The molecule has 0 saturated carbocycles. The Bertz CT molecular complexity index is 599. The van der Waals surface area contributed by atoms with Crippen LogP contribution in [0.2, 0.25) is 0 Å². The highest BCUT2D eigenvalue weighted by molar-refractivity contribution is 9.10. The van der Waals surface area contributed by atoms with Gasteiger partial charge in [0.15, 0.2) is 0 Å². The fourth-order valence-electron chi connectivity index (χ4n) is 2.32. The number of carboxylic acids is 1. The van der Waals surface area contributed by atoms with Crippen molar-refractivity contribution in [3.05, 3.63) is 39.9 Å². The number of amides is 1. The van der Waals surface area contributed by atoms with Crippen molar-refractivity contribution < 1.29 is 19.8 Å². The standard InChI is InChI=1S/C15H16BrNO4/c1-9-2-3-10(12(16)6-9)4-5-14(19)17-8-11(18)7-13(17)15(20)21/h2-6,11,13,18H,7-8H2,1H3,(H,20,21)/b5-4+. The van der Waals surface area contributed by atoms with Crippen molar-refractivity contribution in [1.29, 1.82) is 0 Å².